The highest BCUT2D eigenvalue weighted by molar-refractivity contribution is 7.26. The molecule has 280 valence electrons. The van der Waals surface area contributed by atoms with E-state index >= 15 is 0 Å². The van der Waals surface area contributed by atoms with Gasteiger partial charge in [-0.3, -0.25) is 0 Å². The van der Waals surface area contributed by atoms with E-state index in [1.165, 1.54) is 114 Å². The second-order valence-electron chi connectivity index (χ2n) is 17.7. The van der Waals surface area contributed by atoms with Gasteiger partial charge in [-0.05, 0) is 111 Å². The number of fused-ring (bicyclic) bond motifs is 13. The zero-order valence-electron chi connectivity index (χ0n) is 33.4. The molecule has 0 radical (unpaired) electrons. The molecule has 7 aromatic carbocycles. The fourth-order valence-corrected chi connectivity index (χ4v) is 13.4. The van der Waals surface area contributed by atoms with Gasteiger partial charge in [0.1, 0.15) is 0 Å². The first-order chi connectivity index (χ1) is 27.7. The minimum atomic E-state index is -0.247. The summed E-state index contributed by atoms with van der Waals surface area (Å²) in [5.41, 5.74) is 11.9. The molecule has 57 heavy (non-hydrogen) atoms. The van der Waals surface area contributed by atoms with E-state index in [1.54, 1.807) is 0 Å². The van der Waals surface area contributed by atoms with Gasteiger partial charge in [0.25, 0.3) is 0 Å². The topological polar surface area (TPSA) is 3.24 Å². The standard InChI is InChI=1S/C54H47NS2/c1-7-34-29-32(2)54(33(3)30-34)42-20-13-19-41(53(4,5)6)50(42)38-27-26-36(31-43(38)54)55(44-21-14-24-47-51(44)39-17-10-11-23-46(39)56-47)45-22-12-18-40-49-37-16-9-8-15-35(37)25-28-48(49)57-52(40)45/h8-28,31,33-34H,2,7,29-30H2,1,3-6H3. The Labute approximate surface area is 343 Å². The third kappa shape index (κ3) is 4.92. The molecule has 0 saturated heterocycles. The quantitative estimate of drug-likeness (QED) is 0.161. The monoisotopic (exact) mass is 773 g/mol. The number of anilines is 3. The van der Waals surface area contributed by atoms with Crippen LogP contribution >= 0.6 is 22.7 Å². The van der Waals surface area contributed by atoms with Crippen LogP contribution in [-0.2, 0) is 10.8 Å². The van der Waals surface area contributed by atoms with E-state index in [-0.39, 0.29) is 10.8 Å². The van der Waals surface area contributed by atoms with Gasteiger partial charge in [-0.1, -0.05) is 144 Å². The largest absolute Gasteiger partial charge is 0.308 e. The molecular formula is C54H47NS2. The van der Waals surface area contributed by atoms with Gasteiger partial charge >= 0.3 is 0 Å². The smallest absolute Gasteiger partial charge is 0.0640 e. The van der Waals surface area contributed by atoms with E-state index in [0.717, 1.165) is 6.42 Å². The van der Waals surface area contributed by atoms with Gasteiger partial charge in [0.05, 0.1) is 16.1 Å². The van der Waals surface area contributed by atoms with E-state index in [1.807, 2.05) is 22.7 Å². The average Bonchev–Trinajstić information content (AvgIpc) is 3.89. The lowest BCUT2D eigenvalue weighted by Crippen LogP contribution is -2.40. The average molecular weight is 774 g/mol. The summed E-state index contributed by atoms with van der Waals surface area (Å²) in [7, 11) is 0. The van der Waals surface area contributed by atoms with Gasteiger partial charge in [-0.15, -0.1) is 22.7 Å². The first-order valence-corrected chi connectivity index (χ1v) is 22.3. The molecule has 2 aromatic heterocycles. The molecular weight excluding hydrogens is 727 g/mol. The SMILES string of the molecule is C=C1CC(CC)CC(C)C12c1cc(N(c3cccc4c3sc3ccc5ccccc5c34)c3cccc4sc5ccccc5c34)ccc1-c1c(C(C)(C)C)cccc12. The van der Waals surface area contributed by atoms with E-state index in [0.29, 0.717) is 11.8 Å². The molecule has 2 aliphatic carbocycles. The first kappa shape index (κ1) is 35.0. The summed E-state index contributed by atoms with van der Waals surface area (Å²) in [5, 5.41) is 7.90. The van der Waals surface area contributed by atoms with Crippen LogP contribution in [-0.4, -0.2) is 0 Å². The van der Waals surface area contributed by atoms with Crippen LogP contribution in [0.3, 0.4) is 0 Å². The van der Waals surface area contributed by atoms with Crippen molar-refractivity contribution in [3.8, 4) is 11.1 Å². The van der Waals surface area contributed by atoms with Crippen molar-refractivity contribution < 1.29 is 0 Å². The van der Waals surface area contributed by atoms with Crippen molar-refractivity contribution in [3.05, 3.63) is 162 Å². The number of thiophene rings is 2. The van der Waals surface area contributed by atoms with Crippen LogP contribution in [0, 0.1) is 11.8 Å². The van der Waals surface area contributed by atoms with Crippen LogP contribution in [0.4, 0.5) is 17.1 Å². The molecule has 9 aromatic rings. The van der Waals surface area contributed by atoms with E-state index < -0.39 is 0 Å². The van der Waals surface area contributed by atoms with E-state index in [9.17, 15) is 0 Å². The van der Waals surface area contributed by atoms with Crippen LogP contribution in [0.5, 0.6) is 0 Å². The molecule has 0 bridgehead atoms. The van der Waals surface area contributed by atoms with Gasteiger partial charge in [-0.2, -0.15) is 0 Å². The second kappa shape index (κ2) is 12.6. The maximum atomic E-state index is 5.03. The van der Waals surface area contributed by atoms with Crippen LogP contribution < -0.4 is 4.90 Å². The number of nitrogens with zero attached hydrogens (tertiary/aromatic N) is 1. The minimum absolute atomic E-state index is 0.000681. The van der Waals surface area contributed by atoms with Crippen molar-refractivity contribution in [1.29, 1.82) is 0 Å². The highest BCUT2D eigenvalue weighted by atomic mass is 32.1. The van der Waals surface area contributed by atoms with Crippen LogP contribution in [0.2, 0.25) is 0 Å². The Hall–Kier alpha value is -5.22. The molecule has 3 heteroatoms. The number of hydrogen-bond acceptors (Lipinski definition) is 3. The molecule has 1 spiro atoms. The highest BCUT2D eigenvalue weighted by Crippen LogP contribution is 2.63. The first-order valence-electron chi connectivity index (χ1n) is 20.7. The Kier molecular flexibility index (Phi) is 7.76. The fourth-order valence-electron chi connectivity index (χ4n) is 11.1. The lowest BCUT2D eigenvalue weighted by atomic mass is 9.56. The molecule has 0 amide bonds. The predicted molar refractivity (Wildman–Crippen MR) is 251 cm³/mol. The lowest BCUT2D eigenvalue weighted by Gasteiger charge is -2.46. The van der Waals surface area contributed by atoms with Crippen LogP contribution in [0.15, 0.2) is 146 Å². The number of rotatable bonds is 4. The number of hydrogen-bond donors (Lipinski definition) is 0. The summed E-state index contributed by atoms with van der Waals surface area (Å²) in [6.45, 7) is 17.0. The van der Waals surface area contributed by atoms with Crippen molar-refractivity contribution in [2.45, 2.75) is 64.7 Å². The third-order valence-corrected chi connectivity index (χ3v) is 15.9. The Bertz CT molecular complexity index is 3110. The zero-order chi connectivity index (χ0) is 38.8. The van der Waals surface area contributed by atoms with E-state index in [2.05, 4.69) is 173 Å². The molecule has 11 rings (SSSR count). The van der Waals surface area contributed by atoms with Gasteiger partial charge in [0.15, 0.2) is 0 Å². The fraction of sp³-hybridized carbons (Fsp3) is 0.222. The van der Waals surface area contributed by atoms with Gasteiger partial charge in [0.2, 0.25) is 0 Å². The number of allylic oxidation sites excluding steroid dienone is 1. The Morgan fingerprint density at radius 2 is 1.40 bits per heavy atom. The second-order valence-corrected chi connectivity index (χ2v) is 19.9. The molecule has 3 unspecified atom stereocenters. The number of benzene rings is 7. The van der Waals surface area contributed by atoms with Crippen molar-refractivity contribution in [3.63, 3.8) is 0 Å². The summed E-state index contributed by atoms with van der Waals surface area (Å²) in [6, 6.07) is 50.9. The maximum Gasteiger partial charge on any atom is 0.0640 e. The maximum absolute atomic E-state index is 5.03. The lowest BCUT2D eigenvalue weighted by molar-refractivity contribution is 0.248. The van der Waals surface area contributed by atoms with Crippen molar-refractivity contribution >= 4 is 90.9 Å². The summed E-state index contributed by atoms with van der Waals surface area (Å²) in [5.74, 6) is 1.09. The molecule has 2 heterocycles. The molecule has 3 atom stereocenters. The summed E-state index contributed by atoms with van der Waals surface area (Å²) in [4.78, 5) is 2.61. The summed E-state index contributed by atoms with van der Waals surface area (Å²) >= 11 is 3.82. The van der Waals surface area contributed by atoms with Crippen LogP contribution in [0.1, 0.15) is 70.6 Å². The van der Waals surface area contributed by atoms with E-state index in [4.69, 9.17) is 6.58 Å². The Morgan fingerprint density at radius 3 is 2.23 bits per heavy atom. The highest BCUT2D eigenvalue weighted by Gasteiger charge is 2.52. The minimum Gasteiger partial charge on any atom is -0.308 e. The van der Waals surface area contributed by atoms with Gasteiger partial charge in [-0.25, -0.2) is 0 Å². The molecule has 1 fully saturated rings. The molecule has 0 aliphatic heterocycles. The van der Waals surface area contributed by atoms with Gasteiger partial charge < -0.3 is 4.90 Å². The van der Waals surface area contributed by atoms with Crippen molar-refractivity contribution in [2.24, 2.45) is 11.8 Å². The van der Waals surface area contributed by atoms with Crippen molar-refractivity contribution in [2.75, 3.05) is 4.90 Å². The Balaban J connectivity index is 1.24. The van der Waals surface area contributed by atoms with Crippen molar-refractivity contribution in [1.82, 2.24) is 0 Å². The molecule has 1 saturated carbocycles. The molecule has 1 nitrogen and oxygen atoms in total. The predicted octanol–water partition coefficient (Wildman–Crippen LogP) is 16.6. The van der Waals surface area contributed by atoms with Gasteiger partial charge in [0, 0.05) is 46.7 Å². The molecule has 0 N–H and O–H groups in total. The third-order valence-electron chi connectivity index (χ3n) is 13.6. The molecule has 2 aliphatic rings. The zero-order valence-corrected chi connectivity index (χ0v) is 35.1. The van der Waals surface area contributed by atoms with Crippen LogP contribution in [0.25, 0.3) is 62.2 Å². The normalized spacial score (nSPS) is 19.4. The Morgan fingerprint density at radius 1 is 0.684 bits per heavy atom. The summed E-state index contributed by atoms with van der Waals surface area (Å²) in [6.07, 6.45) is 3.47. The summed E-state index contributed by atoms with van der Waals surface area (Å²) < 4.78 is 5.27.